The number of nitrogens with zero attached hydrogens (tertiary/aromatic N) is 4. The number of hydrogen-bond acceptors (Lipinski definition) is 6. The summed E-state index contributed by atoms with van der Waals surface area (Å²) in [6, 6.07) is 23.0. The van der Waals surface area contributed by atoms with Crippen LogP contribution in [0.3, 0.4) is 0 Å². The molecule has 1 amide bonds. The summed E-state index contributed by atoms with van der Waals surface area (Å²) in [6.45, 7) is 5.87. The van der Waals surface area contributed by atoms with E-state index in [2.05, 4.69) is 41.4 Å². The van der Waals surface area contributed by atoms with Gasteiger partial charge in [-0.1, -0.05) is 36.4 Å². The zero-order valence-electron chi connectivity index (χ0n) is 23.1. The number of carbonyl (C=O) groups is 1. The van der Waals surface area contributed by atoms with Crippen LogP contribution in [-0.4, -0.2) is 60.8 Å². The van der Waals surface area contributed by atoms with Gasteiger partial charge in [0.15, 0.2) is 17.7 Å². The number of benzene rings is 3. The molecule has 3 aromatic rings. The highest BCUT2D eigenvalue weighted by Crippen LogP contribution is 2.33. The van der Waals surface area contributed by atoms with Crippen LogP contribution in [0.1, 0.15) is 52.7 Å². The molecule has 7 nitrogen and oxygen atoms in total. The summed E-state index contributed by atoms with van der Waals surface area (Å²) in [6.07, 6.45) is 7.21. The van der Waals surface area contributed by atoms with Gasteiger partial charge in [0.25, 0.3) is 5.91 Å². The van der Waals surface area contributed by atoms with Crippen LogP contribution >= 0.6 is 0 Å². The molecule has 0 N–H and O–H groups in total. The third-order valence-electron chi connectivity index (χ3n) is 8.68. The maximum atomic E-state index is 13.0. The molecule has 40 heavy (non-hydrogen) atoms. The highest BCUT2D eigenvalue weighted by atomic mass is 16.7. The molecule has 0 aromatic heterocycles. The molecular formula is C33H36N4O3. The normalized spacial score (nSPS) is 17.9. The van der Waals surface area contributed by atoms with Crippen molar-refractivity contribution in [3.63, 3.8) is 0 Å². The van der Waals surface area contributed by atoms with Crippen LogP contribution in [-0.2, 0) is 6.42 Å². The highest BCUT2D eigenvalue weighted by molar-refractivity contribution is 5.95. The number of ether oxygens (including phenoxy) is 2. The van der Waals surface area contributed by atoms with Gasteiger partial charge in [0.1, 0.15) is 0 Å². The second-order valence-electron chi connectivity index (χ2n) is 11.1. The lowest BCUT2D eigenvalue weighted by atomic mass is 9.96. The van der Waals surface area contributed by atoms with Gasteiger partial charge in [-0.3, -0.25) is 9.69 Å². The third-order valence-corrected chi connectivity index (χ3v) is 8.68. The molecule has 2 fully saturated rings. The van der Waals surface area contributed by atoms with Gasteiger partial charge in [-0.2, -0.15) is 5.26 Å². The Bertz CT molecular complexity index is 1380. The first kappa shape index (κ1) is 26.2. The van der Waals surface area contributed by atoms with Crippen molar-refractivity contribution in [1.82, 2.24) is 9.80 Å². The number of fused-ring (bicyclic) bond motifs is 1. The number of amides is 1. The Balaban J connectivity index is 1.00. The van der Waals surface area contributed by atoms with E-state index in [-0.39, 0.29) is 18.7 Å². The summed E-state index contributed by atoms with van der Waals surface area (Å²) in [4.78, 5) is 19.5. The molecule has 0 unspecified atom stereocenters. The second-order valence-corrected chi connectivity index (χ2v) is 11.1. The van der Waals surface area contributed by atoms with E-state index in [0.29, 0.717) is 6.04 Å². The number of carbonyl (C=O) groups excluding carboxylic acids is 1. The van der Waals surface area contributed by atoms with Gasteiger partial charge >= 0.3 is 0 Å². The molecule has 0 spiro atoms. The minimum atomic E-state index is 0.154. The zero-order valence-corrected chi connectivity index (χ0v) is 23.1. The molecule has 0 aliphatic carbocycles. The number of nitriles is 1. The zero-order chi connectivity index (χ0) is 27.5. The number of hydrogen-bond donors (Lipinski definition) is 0. The molecule has 206 valence electrons. The summed E-state index contributed by atoms with van der Waals surface area (Å²) in [5, 5.41) is 10.0. The van der Waals surface area contributed by atoms with Crippen LogP contribution < -0.4 is 14.4 Å². The van der Waals surface area contributed by atoms with Gasteiger partial charge in [0.05, 0.1) is 5.69 Å². The van der Waals surface area contributed by atoms with Crippen LogP contribution in [0, 0.1) is 18.4 Å². The van der Waals surface area contributed by atoms with E-state index in [1.165, 1.54) is 11.1 Å². The lowest BCUT2D eigenvalue weighted by Gasteiger charge is -2.43. The Morgan fingerprint density at radius 3 is 2.33 bits per heavy atom. The van der Waals surface area contributed by atoms with Crippen molar-refractivity contribution in [3.8, 4) is 17.7 Å². The third kappa shape index (κ3) is 5.50. The van der Waals surface area contributed by atoms with E-state index < -0.39 is 0 Å². The second kappa shape index (κ2) is 11.6. The maximum absolute atomic E-state index is 13.0. The van der Waals surface area contributed by atoms with Crippen molar-refractivity contribution in [1.29, 1.82) is 5.26 Å². The van der Waals surface area contributed by atoms with Gasteiger partial charge in [0.2, 0.25) is 6.79 Å². The van der Waals surface area contributed by atoms with Crippen LogP contribution in [0.4, 0.5) is 5.69 Å². The topological polar surface area (TPSA) is 69.0 Å². The number of anilines is 1. The molecule has 3 aromatic carbocycles. The Morgan fingerprint density at radius 2 is 1.60 bits per heavy atom. The average Bonchev–Trinajstić information content (AvgIpc) is 3.47. The van der Waals surface area contributed by atoms with E-state index in [0.717, 1.165) is 86.6 Å². The molecule has 0 atom stereocenters. The molecule has 7 heteroatoms. The SMILES string of the molecule is Cc1ccccc1C(=O)N1CCC(N2CCC(N(C#N)c3ccc(Cc4ccc5c(c4)OCO5)cc3)CC2)CC1. The molecule has 6 rings (SSSR count). The first-order valence-electron chi connectivity index (χ1n) is 14.3. The Kier molecular flexibility index (Phi) is 7.61. The fourth-order valence-corrected chi connectivity index (χ4v) is 6.34. The van der Waals surface area contributed by atoms with Crippen LogP contribution in [0.5, 0.6) is 11.5 Å². The fraction of sp³-hybridized carbons (Fsp3) is 0.394. The number of likely N-dealkylation sites (tertiary alicyclic amines) is 2. The first-order valence-corrected chi connectivity index (χ1v) is 14.3. The van der Waals surface area contributed by atoms with Gasteiger partial charge in [-0.15, -0.1) is 0 Å². The fourth-order valence-electron chi connectivity index (χ4n) is 6.34. The quantitative estimate of drug-likeness (QED) is 0.312. The molecule has 3 aliphatic rings. The molecule has 0 bridgehead atoms. The molecule has 3 aliphatic heterocycles. The van der Waals surface area contributed by atoms with Crippen molar-refractivity contribution >= 4 is 11.6 Å². The van der Waals surface area contributed by atoms with Crippen molar-refractivity contribution < 1.29 is 14.3 Å². The minimum absolute atomic E-state index is 0.154. The van der Waals surface area contributed by atoms with E-state index in [1.807, 2.05) is 53.1 Å². The molecule has 0 saturated carbocycles. The van der Waals surface area contributed by atoms with Crippen molar-refractivity contribution in [2.24, 2.45) is 0 Å². The predicted octanol–water partition coefficient (Wildman–Crippen LogP) is 5.37. The Hall–Kier alpha value is -4.02. The van der Waals surface area contributed by atoms with E-state index in [4.69, 9.17) is 9.47 Å². The molecule has 0 radical (unpaired) electrons. The largest absolute Gasteiger partial charge is 0.454 e. The lowest BCUT2D eigenvalue weighted by Crippen LogP contribution is -2.51. The summed E-state index contributed by atoms with van der Waals surface area (Å²) in [5.74, 6) is 1.76. The van der Waals surface area contributed by atoms with Crippen LogP contribution in [0.2, 0.25) is 0 Å². The molecule has 3 heterocycles. The highest BCUT2D eigenvalue weighted by Gasteiger charge is 2.32. The van der Waals surface area contributed by atoms with Crippen molar-refractivity contribution in [3.05, 3.63) is 89.0 Å². The van der Waals surface area contributed by atoms with Gasteiger partial charge < -0.3 is 19.3 Å². The van der Waals surface area contributed by atoms with Crippen molar-refractivity contribution in [2.45, 2.75) is 51.1 Å². The smallest absolute Gasteiger partial charge is 0.254 e. The maximum Gasteiger partial charge on any atom is 0.254 e. The van der Waals surface area contributed by atoms with Crippen molar-refractivity contribution in [2.75, 3.05) is 37.9 Å². The van der Waals surface area contributed by atoms with Gasteiger partial charge in [-0.05, 0) is 86.1 Å². The summed E-state index contributed by atoms with van der Waals surface area (Å²) in [7, 11) is 0. The van der Waals surface area contributed by atoms with E-state index in [1.54, 1.807) is 0 Å². The van der Waals surface area contributed by atoms with Crippen LogP contribution in [0.15, 0.2) is 66.7 Å². The Morgan fingerprint density at radius 1 is 0.900 bits per heavy atom. The summed E-state index contributed by atoms with van der Waals surface area (Å²) in [5.41, 5.74) is 5.19. The number of piperidine rings is 2. The Labute approximate surface area is 236 Å². The predicted molar refractivity (Wildman–Crippen MR) is 155 cm³/mol. The van der Waals surface area contributed by atoms with E-state index >= 15 is 0 Å². The number of aryl methyl sites for hydroxylation is 1. The van der Waals surface area contributed by atoms with Gasteiger partial charge in [0, 0.05) is 43.8 Å². The monoisotopic (exact) mass is 536 g/mol. The van der Waals surface area contributed by atoms with E-state index in [9.17, 15) is 10.1 Å². The standard InChI is InChI=1S/C33H36N4O3/c1-24-4-2-3-5-30(24)33(38)36-18-12-27(13-19-36)35-16-14-29(15-17-35)37(22-34)28-9-6-25(7-10-28)20-26-8-11-31-32(21-26)40-23-39-31/h2-11,21,27,29H,12-20,23H2,1H3. The molecule has 2 saturated heterocycles. The summed E-state index contributed by atoms with van der Waals surface area (Å²) < 4.78 is 10.9. The first-order chi connectivity index (χ1) is 19.6. The van der Waals surface area contributed by atoms with Gasteiger partial charge in [-0.25, -0.2) is 0 Å². The number of rotatable bonds is 6. The average molecular weight is 537 g/mol. The lowest BCUT2D eigenvalue weighted by molar-refractivity contribution is 0.0579. The summed E-state index contributed by atoms with van der Waals surface area (Å²) >= 11 is 0. The van der Waals surface area contributed by atoms with Crippen LogP contribution in [0.25, 0.3) is 0 Å². The minimum Gasteiger partial charge on any atom is -0.454 e. The molecular weight excluding hydrogens is 500 g/mol.